The Bertz CT molecular complexity index is 271. The Hall–Kier alpha value is -0.920. The van der Waals surface area contributed by atoms with Crippen molar-refractivity contribution >= 4 is 13.8 Å². The maximum absolute atomic E-state index is 10.4. The zero-order valence-corrected chi connectivity index (χ0v) is 8.20. The highest BCUT2D eigenvalue weighted by Crippen LogP contribution is 2.11. The van der Waals surface area contributed by atoms with Gasteiger partial charge in [-0.3, -0.25) is 4.57 Å². The van der Waals surface area contributed by atoms with Crippen LogP contribution in [-0.4, -0.2) is 11.4 Å². The quantitative estimate of drug-likeness (QED) is 0.591. The van der Waals surface area contributed by atoms with E-state index in [1.807, 2.05) is 6.92 Å². The summed E-state index contributed by atoms with van der Waals surface area (Å²) < 4.78 is 15.5. The Labute approximate surface area is 78.6 Å². The predicted octanol–water partition coefficient (Wildman–Crippen LogP) is 1.71. The van der Waals surface area contributed by atoms with E-state index in [4.69, 9.17) is 9.84 Å². The van der Waals surface area contributed by atoms with Crippen LogP contribution in [-0.2, 0) is 4.57 Å². The van der Waals surface area contributed by atoms with Gasteiger partial charge in [-0.2, -0.15) is 0 Å². The first-order valence-corrected chi connectivity index (χ1v) is 4.85. The molecule has 0 saturated heterocycles. The van der Waals surface area contributed by atoms with E-state index in [1.165, 1.54) is 0 Å². The van der Waals surface area contributed by atoms with Crippen LogP contribution < -0.4 is 10.0 Å². The van der Waals surface area contributed by atoms with Gasteiger partial charge in [0.25, 0.3) is 0 Å². The fraction of sp³-hybridized carbons (Fsp3) is 0.333. The van der Waals surface area contributed by atoms with Gasteiger partial charge in [-0.05, 0) is 24.3 Å². The summed E-state index contributed by atoms with van der Waals surface area (Å²) >= 11 is 0. The van der Waals surface area contributed by atoms with Crippen molar-refractivity contribution < 1.29 is 14.4 Å². The molecule has 0 bridgehead atoms. The second-order valence-electron chi connectivity index (χ2n) is 2.57. The van der Waals surface area contributed by atoms with Crippen molar-refractivity contribution in [2.75, 3.05) is 0 Å². The molecule has 0 radical (unpaired) electrons. The van der Waals surface area contributed by atoms with Crippen LogP contribution in [0.25, 0.3) is 0 Å². The third-order valence-electron chi connectivity index (χ3n) is 1.56. The number of aliphatic hydroxyl groups is 1. The van der Waals surface area contributed by atoms with Gasteiger partial charge in [0.15, 0.2) is 14.8 Å². The highest BCUT2D eigenvalue weighted by Gasteiger charge is 2.01. The fourth-order valence-corrected chi connectivity index (χ4v) is 1.10. The normalized spacial score (nSPS) is 12.8. The fourth-order valence-electron chi connectivity index (χ4n) is 0.826. The third-order valence-corrected chi connectivity index (χ3v) is 2.07. The molecule has 0 spiro atoms. The zero-order valence-electron chi connectivity index (χ0n) is 7.30. The summed E-state index contributed by atoms with van der Waals surface area (Å²) in [5.74, 6) is 0.585. The third kappa shape index (κ3) is 3.13. The topological polar surface area (TPSA) is 46.5 Å². The van der Waals surface area contributed by atoms with Crippen molar-refractivity contribution in [3.63, 3.8) is 0 Å². The average Bonchev–Trinajstić information content (AvgIpc) is 2.19. The zero-order chi connectivity index (χ0) is 9.68. The van der Waals surface area contributed by atoms with E-state index in [0.29, 0.717) is 17.5 Å². The van der Waals surface area contributed by atoms with Crippen LogP contribution in [0.5, 0.6) is 5.75 Å². The molecule has 0 aliphatic carbocycles. The molecular formula is C9H11O3P. The lowest BCUT2D eigenvalue weighted by atomic mass is 10.3. The van der Waals surface area contributed by atoms with Crippen LogP contribution in [0.15, 0.2) is 24.3 Å². The average molecular weight is 198 g/mol. The molecule has 0 saturated carbocycles. The summed E-state index contributed by atoms with van der Waals surface area (Å²) in [7, 11) is -0.00569. The van der Waals surface area contributed by atoms with Crippen molar-refractivity contribution in [2.45, 2.75) is 19.6 Å². The van der Waals surface area contributed by atoms with Crippen LogP contribution in [0.2, 0.25) is 0 Å². The number of benzene rings is 1. The van der Waals surface area contributed by atoms with Gasteiger partial charge in [0, 0.05) is 11.7 Å². The van der Waals surface area contributed by atoms with E-state index >= 15 is 0 Å². The van der Waals surface area contributed by atoms with Gasteiger partial charge in [0.05, 0.1) is 0 Å². The van der Waals surface area contributed by atoms with E-state index < -0.39 is 6.29 Å². The van der Waals surface area contributed by atoms with Crippen LogP contribution in [0.3, 0.4) is 0 Å². The van der Waals surface area contributed by atoms with Crippen molar-refractivity contribution in [2.24, 2.45) is 0 Å². The van der Waals surface area contributed by atoms with Gasteiger partial charge in [0.2, 0.25) is 0 Å². The molecule has 0 aliphatic heterocycles. The molecule has 4 heteroatoms. The second-order valence-corrected chi connectivity index (χ2v) is 3.26. The highest BCUT2D eigenvalue weighted by molar-refractivity contribution is 7.34. The molecule has 3 nitrogen and oxygen atoms in total. The Morgan fingerprint density at radius 3 is 2.54 bits per heavy atom. The SMILES string of the molecule is CCC(O)Oc1ccc(P=O)cc1. The van der Waals surface area contributed by atoms with Gasteiger partial charge in [-0.15, -0.1) is 0 Å². The Morgan fingerprint density at radius 2 is 2.08 bits per heavy atom. The molecule has 0 amide bonds. The maximum Gasteiger partial charge on any atom is 0.197 e. The molecule has 70 valence electrons. The van der Waals surface area contributed by atoms with E-state index in [0.717, 1.165) is 0 Å². The molecule has 0 heterocycles. The number of hydrogen-bond acceptors (Lipinski definition) is 3. The molecule has 0 aromatic heterocycles. The minimum Gasteiger partial charge on any atom is -0.465 e. The van der Waals surface area contributed by atoms with Gasteiger partial charge < -0.3 is 9.84 Å². The Kier molecular flexibility index (Phi) is 3.87. The minimum atomic E-state index is -0.768. The van der Waals surface area contributed by atoms with Gasteiger partial charge in [-0.1, -0.05) is 6.92 Å². The molecule has 13 heavy (non-hydrogen) atoms. The van der Waals surface area contributed by atoms with E-state index in [-0.39, 0.29) is 8.46 Å². The van der Waals surface area contributed by atoms with Gasteiger partial charge in [-0.25, -0.2) is 0 Å². The summed E-state index contributed by atoms with van der Waals surface area (Å²) in [6.07, 6.45) is -0.225. The number of aliphatic hydroxyl groups excluding tert-OH is 1. The lowest BCUT2D eigenvalue weighted by molar-refractivity contribution is -0.0191. The van der Waals surface area contributed by atoms with Gasteiger partial charge in [0.1, 0.15) is 5.75 Å². The van der Waals surface area contributed by atoms with E-state index in [2.05, 4.69) is 0 Å². The first kappa shape index (κ1) is 10.2. The summed E-state index contributed by atoms with van der Waals surface area (Å²) in [5, 5.41) is 9.85. The molecule has 0 aliphatic rings. The maximum atomic E-state index is 10.4. The molecule has 0 fully saturated rings. The lowest BCUT2D eigenvalue weighted by Gasteiger charge is -2.10. The summed E-state index contributed by atoms with van der Waals surface area (Å²) in [6.45, 7) is 1.83. The first-order valence-electron chi connectivity index (χ1n) is 4.04. The number of ether oxygens (including phenoxy) is 1. The predicted molar refractivity (Wildman–Crippen MR) is 50.6 cm³/mol. The molecule has 1 aromatic rings. The van der Waals surface area contributed by atoms with Crippen molar-refractivity contribution in [3.8, 4) is 5.75 Å². The van der Waals surface area contributed by atoms with Crippen LogP contribution >= 0.6 is 8.46 Å². The van der Waals surface area contributed by atoms with Crippen LogP contribution in [0.4, 0.5) is 0 Å². The minimum absolute atomic E-state index is 0.00569. The lowest BCUT2D eigenvalue weighted by Crippen LogP contribution is -2.13. The Morgan fingerprint density at radius 1 is 1.46 bits per heavy atom. The molecule has 1 aromatic carbocycles. The second kappa shape index (κ2) is 4.95. The molecule has 1 atom stereocenters. The van der Waals surface area contributed by atoms with E-state index in [1.54, 1.807) is 24.3 Å². The first-order chi connectivity index (χ1) is 6.26. The largest absolute Gasteiger partial charge is 0.465 e. The molecule has 1 unspecified atom stereocenters. The summed E-state index contributed by atoms with van der Waals surface area (Å²) in [5.41, 5.74) is 0. The number of rotatable bonds is 4. The van der Waals surface area contributed by atoms with Gasteiger partial charge >= 0.3 is 0 Å². The molecular weight excluding hydrogens is 187 g/mol. The van der Waals surface area contributed by atoms with Crippen LogP contribution in [0, 0.1) is 0 Å². The Balaban J connectivity index is 2.63. The molecule has 1 rings (SSSR count). The molecule has 1 N–H and O–H groups in total. The summed E-state index contributed by atoms with van der Waals surface area (Å²) in [4.78, 5) is 0. The van der Waals surface area contributed by atoms with E-state index in [9.17, 15) is 4.57 Å². The van der Waals surface area contributed by atoms with Crippen molar-refractivity contribution in [1.82, 2.24) is 0 Å². The smallest absolute Gasteiger partial charge is 0.197 e. The van der Waals surface area contributed by atoms with Crippen molar-refractivity contribution in [1.29, 1.82) is 0 Å². The highest BCUT2D eigenvalue weighted by atomic mass is 31.1. The summed E-state index contributed by atoms with van der Waals surface area (Å²) in [6, 6.07) is 6.73. The number of hydrogen-bond donors (Lipinski definition) is 1. The van der Waals surface area contributed by atoms with Crippen molar-refractivity contribution in [3.05, 3.63) is 24.3 Å². The monoisotopic (exact) mass is 198 g/mol. The van der Waals surface area contributed by atoms with Crippen LogP contribution in [0.1, 0.15) is 13.3 Å². The standard InChI is InChI=1S/C9H11O3P/c1-2-9(10)12-7-3-5-8(13-11)6-4-7/h3-6,9-10H,2H2,1H3.